The second kappa shape index (κ2) is 5.42. The van der Waals surface area contributed by atoms with Crippen molar-refractivity contribution in [1.82, 2.24) is 0 Å². The van der Waals surface area contributed by atoms with Gasteiger partial charge in [0.2, 0.25) is 0 Å². The molecular weight excluding hydrogens is 318 g/mol. The van der Waals surface area contributed by atoms with Gasteiger partial charge in [0.05, 0.1) is 11.3 Å². The van der Waals surface area contributed by atoms with Crippen molar-refractivity contribution in [3.05, 3.63) is 57.5 Å². The first-order valence-corrected chi connectivity index (χ1v) is 6.29. The van der Waals surface area contributed by atoms with Crippen LogP contribution in [0.25, 0.3) is 0 Å². The van der Waals surface area contributed by atoms with Crippen LogP contribution in [0.15, 0.2) is 46.9 Å². The predicted molar refractivity (Wildman–Crippen MR) is 75.2 cm³/mol. The Bertz CT molecular complexity index is 601. The van der Waals surface area contributed by atoms with Gasteiger partial charge in [-0.15, -0.1) is 0 Å². The van der Waals surface area contributed by atoms with Crippen molar-refractivity contribution < 1.29 is 9.90 Å². The Balaban J connectivity index is 2.25. The summed E-state index contributed by atoms with van der Waals surface area (Å²) in [5.74, 6) is -0.539. The third-order valence-electron chi connectivity index (χ3n) is 2.33. The van der Waals surface area contributed by atoms with Gasteiger partial charge in [-0.1, -0.05) is 23.7 Å². The first kappa shape index (κ1) is 12.9. The third-order valence-corrected chi connectivity index (χ3v) is 3.25. The van der Waals surface area contributed by atoms with E-state index >= 15 is 0 Å². The molecule has 0 heterocycles. The van der Waals surface area contributed by atoms with E-state index < -0.39 is 5.91 Å². The molecule has 5 heteroatoms. The molecule has 0 aliphatic rings. The molecule has 0 aromatic heterocycles. The molecule has 0 radical (unpaired) electrons. The average Bonchev–Trinajstić information content (AvgIpc) is 2.32. The van der Waals surface area contributed by atoms with Crippen LogP contribution in [0.3, 0.4) is 0 Å². The molecule has 2 aromatic rings. The van der Waals surface area contributed by atoms with E-state index in [1.165, 1.54) is 12.1 Å². The summed E-state index contributed by atoms with van der Waals surface area (Å²) < 4.78 is 0.770. The maximum atomic E-state index is 12.0. The van der Waals surface area contributed by atoms with Crippen molar-refractivity contribution in [1.29, 1.82) is 0 Å². The smallest absolute Gasteiger partial charge is 0.259 e. The van der Waals surface area contributed by atoms with E-state index in [0.29, 0.717) is 10.7 Å². The summed E-state index contributed by atoms with van der Waals surface area (Å²) >= 11 is 9.04. The fraction of sp³-hybridized carbons (Fsp3) is 0. The third kappa shape index (κ3) is 2.83. The number of para-hydroxylation sites is 1. The van der Waals surface area contributed by atoms with Gasteiger partial charge >= 0.3 is 0 Å². The molecule has 3 nitrogen and oxygen atoms in total. The van der Waals surface area contributed by atoms with Crippen LogP contribution in [-0.2, 0) is 0 Å². The van der Waals surface area contributed by atoms with Crippen molar-refractivity contribution in [2.45, 2.75) is 0 Å². The number of carbonyl (C=O) groups excluding carboxylic acids is 1. The van der Waals surface area contributed by atoms with Gasteiger partial charge in [0.1, 0.15) is 5.75 Å². The molecule has 0 atom stereocenters. The molecule has 18 heavy (non-hydrogen) atoms. The molecule has 0 bridgehead atoms. The van der Waals surface area contributed by atoms with Crippen LogP contribution in [0.1, 0.15) is 10.4 Å². The minimum absolute atomic E-state index is 0.146. The van der Waals surface area contributed by atoms with Crippen LogP contribution in [0.2, 0.25) is 5.02 Å². The topological polar surface area (TPSA) is 49.3 Å². The molecule has 0 fully saturated rings. The summed E-state index contributed by atoms with van der Waals surface area (Å²) in [6.07, 6.45) is 0. The summed E-state index contributed by atoms with van der Waals surface area (Å²) in [6.45, 7) is 0. The summed E-state index contributed by atoms with van der Waals surface area (Å²) in [5.41, 5.74) is 0.812. The van der Waals surface area contributed by atoms with Gasteiger partial charge in [0, 0.05) is 9.50 Å². The van der Waals surface area contributed by atoms with E-state index in [1.807, 2.05) is 18.2 Å². The van der Waals surface area contributed by atoms with E-state index in [2.05, 4.69) is 21.2 Å². The molecular formula is C13H9BrClNO2. The second-order valence-electron chi connectivity index (χ2n) is 3.60. The molecule has 2 aromatic carbocycles. The Morgan fingerprint density at radius 1 is 1.22 bits per heavy atom. The number of halogens is 2. The highest BCUT2D eigenvalue weighted by molar-refractivity contribution is 9.10. The number of carbonyl (C=O) groups is 1. The van der Waals surface area contributed by atoms with E-state index in [9.17, 15) is 9.90 Å². The molecule has 2 N–H and O–H groups in total. The molecule has 0 spiro atoms. The molecule has 0 unspecified atom stereocenters. The lowest BCUT2D eigenvalue weighted by molar-refractivity contribution is 0.102. The van der Waals surface area contributed by atoms with Crippen molar-refractivity contribution in [3.63, 3.8) is 0 Å². The molecule has 0 aliphatic heterocycles. The number of hydrogen-bond acceptors (Lipinski definition) is 2. The second-order valence-corrected chi connectivity index (χ2v) is 4.89. The largest absolute Gasteiger partial charge is 0.507 e. The lowest BCUT2D eigenvalue weighted by Gasteiger charge is -2.08. The zero-order valence-electron chi connectivity index (χ0n) is 9.15. The lowest BCUT2D eigenvalue weighted by Crippen LogP contribution is -2.12. The van der Waals surface area contributed by atoms with Crippen LogP contribution in [0.5, 0.6) is 5.75 Å². The maximum Gasteiger partial charge on any atom is 0.259 e. The first-order valence-electron chi connectivity index (χ1n) is 5.12. The van der Waals surface area contributed by atoms with E-state index in [0.717, 1.165) is 4.47 Å². The quantitative estimate of drug-likeness (QED) is 0.874. The number of anilines is 1. The SMILES string of the molecule is O=C(Nc1ccccc1Br)c1ccc(Cl)cc1O. The molecule has 0 saturated heterocycles. The maximum absolute atomic E-state index is 12.0. The number of benzene rings is 2. The Morgan fingerprint density at radius 2 is 1.94 bits per heavy atom. The highest BCUT2D eigenvalue weighted by Crippen LogP contribution is 2.25. The minimum atomic E-state index is -0.393. The Hall–Kier alpha value is -1.52. The van der Waals surface area contributed by atoms with Crippen molar-refractivity contribution in [3.8, 4) is 5.75 Å². The van der Waals surface area contributed by atoms with Gasteiger partial charge < -0.3 is 10.4 Å². The lowest BCUT2D eigenvalue weighted by atomic mass is 10.2. The van der Waals surface area contributed by atoms with Gasteiger partial charge in [-0.2, -0.15) is 0 Å². The van der Waals surface area contributed by atoms with Crippen LogP contribution in [-0.4, -0.2) is 11.0 Å². The average molecular weight is 327 g/mol. The Morgan fingerprint density at radius 3 is 2.61 bits per heavy atom. The molecule has 0 saturated carbocycles. The fourth-order valence-electron chi connectivity index (χ4n) is 1.45. The number of nitrogens with one attached hydrogen (secondary N) is 1. The van der Waals surface area contributed by atoms with Gasteiger partial charge in [-0.25, -0.2) is 0 Å². The fourth-order valence-corrected chi connectivity index (χ4v) is 2.00. The normalized spacial score (nSPS) is 10.1. The summed E-state index contributed by atoms with van der Waals surface area (Å²) in [5, 5.41) is 12.7. The number of aromatic hydroxyl groups is 1. The molecule has 0 aliphatic carbocycles. The Kier molecular flexibility index (Phi) is 3.89. The summed E-state index contributed by atoms with van der Waals surface area (Å²) in [4.78, 5) is 12.0. The van der Waals surface area contributed by atoms with Crippen LogP contribution >= 0.6 is 27.5 Å². The van der Waals surface area contributed by atoms with Crippen LogP contribution < -0.4 is 5.32 Å². The molecule has 1 amide bonds. The van der Waals surface area contributed by atoms with Gasteiger partial charge in [-0.3, -0.25) is 4.79 Å². The van der Waals surface area contributed by atoms with Crippen molar-refractivity contribution in [2.24, 2.45) is 0 Å². The Labute approximate surface area is 118 Å². The molecule has 2 rings (SSSR count). The zero-order valence-corrected chi connectivity index (χ0v) is 11.5. The van der Waals surface area contributed by atoms with Gasteiger partial charge in [0.15, 0.2) is 0 Å². The van der Waals surface area contributed by atoms with Crippen molar-refractivity contribution >= 4 is 39.1 Å². The summed E-state index contributed by atoms with van der Waals surface area (Å²) in [6, 6.07) is 11.6. The number of amides is 1. The highest BCUT2D eigenvalue weighted by Gasteiger charge is 2.12. The van der Waals surface area contributed by atoms with E-state index in [4.69, 9.17) is 11.6 Å². The van der Waals surface area contributed by atoms with Crippen LogP contribution in [0, 0.1) is 0 Å². The van der Waals surface area contributed by atoms with Gasteiger partial charge in [-0.05, 0) is 46.3 Å². The summed E-state index contributed by atoms with van der Waals surface area (Å²) in [7, 11) is 0. The van der Waals surface area contributed by atoms with Gasteiger partial charge in [0.25, 0.3) is 5.91 Å². The van der Waals surface area contributed by atoms with Crippen molar-refractivity contribution in [2.75, 3.05) is 5.32 Å². The van der Waals surface area contributed by atoms with E-state index in [1.54, 1.807) is 12.1 Å². The predicted octanol–water partition coefficient (Wildman–Crippen LogP) is 4.06. The number of hydrogen-bond donors (Lipinski definition) is 2. The molecule has 92 valence electrons. The number of phenols is 1. The number of rotatable bonds is 2. The first-order chi connectivity index (χ1) is 8.58. The standard InChI is InChI=1S/C13H9BrClNO2/c14-10-3-1-2-4-11(10)16-13(18)9-6-5-8(15)7-12(9)17/h1-7,17H,(H,16,18). The minimum Gasteiger partial charge on any atom is -0.507 e. The zero-order chi connectivity index (χ0) is 13.1. The van der Waals surface area contributed by atoms with E-state index in [-0.39, 0.29) is 11.3 Å². The highest BCUT2D eigenvalue weighted by atomic mass is 79.9. The number of phenolic OH excluding ortho intramolecular Hbond substituents is 1. The van der Waals surface area contributed by atoms with Crippen LogP contribution in [0.4, 0.5) is 5.69 Å². The monoisotopic (exact) mass is 325 g/mol.